The topological polar surface area (TPSA) is 56.1 Å². The van der Waals surface area contributed by atoms with E-state index < -0.39 is 0 Å². The van der Waals surface area contributed by atoms with E-state index in [0.29, 0.717) is 5.92 Å². The van der Waals surface area contributed by atoms with Gasteiger partial charge >= 0.3 is 0 Å². The molecule has 6 nitrogen and oxygen atoms in total. The highest BCUT2D eigenvalue weighted by Gasteiger charge is 2.23. The number of likely N-dealkylation sites (tertiary alicyclic amines) is 1. The molecule has 1 saturated heterocycles. The largest absolute Gasteiger partial charge is 0.383 e. The van der Waals surface area contributed by atoms with E-state index in [-0.39, 0.29) is 0 Å². The minimum absolute atomic E-state index is 0.467. The van der Waals surface area contributed by atoms with Crippen LogP contribution in [0.15, 0.2) is 18.3 Å². The van der Waals surface area contributed by atoms with Gasteiger partial charge in [0.15, 0.2) is 0 Å². The fraction of sp³-hybridized carbons (Fsp3) is 0.588. The van der Waals surface area contributed by atoms with E-state index in [0.717, 1.165) is 49.1 Å². The SMILES string of the molecule is COCCN1CCC[C@H](c2cc(-c3ccnn3C)nc(C)n2)C1. The molecule has 1 fully saturated rings. The summed E-state index contributed by atoms with van der Waals surface area (Å²) in [6, 6.07) is 4.13. The molecule has 0 radical (unpaired) electrons. The number of ether oxygens (including phenoxy) is 1. The second-order valence-electron chi connectivity index (χ2n) is 6.20. The summed E-state index contributed by atoms with van der Waals surface area (Å²) in [6.45, 7) is 5.94. The van der Waals surface area contributed by atoms with Gasteiger partial charge in [0.05, 0.1) is 18.0 Å². The van der Waals surface area contributed by atoms with Crippen LogP contribution < -0.4 is 0 Å². The second-order valence-corrected chi connectivity index (χ2v) is 6.20. The van der Waals surface area contributed by atoms with Crippen molar-refractivity contribution in [2.24, 2.45) is 7.05 Å². The van der Waals surface area contributed by atoms with Crippen molar-refractivity contribution in [3.05, 3.63) is 29.8 Å². The Labute approximate surface area is 137 Å². The minimum Gasteiger partial charge on any atom is -0.383 e. The maximum absolute atomic E-state index is 5.21. The second kappa shape index (κ2) is 7.19. The summed E-state index contributed by atoms with van der Waals surface area (Å²) < 4.78 is 7.07. The Bertz CT molecular complexity index is 654. The van der Waals surface area contributed by atoms with Crippen molar-refractivity contribution >= 4 is 0 Å². The lowest BCUT2D eigenvalue weighted by Gasteiger charge is -2.32. The van der Waals surface area contributed by atoms with E-state index >= 15 is 0 Å². The van der Waals surface area contributed by atoms with Gasteiger partial charge in [0.2, 0.25) is 0 Å². The van der Waals surface area contributed by atoms with Gasteiger partial charge in [0, 0.05) is 45.1 Å². The maximum atomic E-state index is 5.21. The Morgan fingerprint density at radius 3 is 2.96 bits per heavy atom. The molecule has 0 aromatic carbocycles. The number of hydrogen-bond donors (Lipinski definition) is 0. The normalized spacial score (nSPS) is 19.2. The smallest absolute Gasteiger partial charge is 0.126 e. The van der Waals surface area contributed by atoms with E-state index in [1.807, 2.05) is 24.7 Å². The molecule has 0 unspecified atom stereocenters. The third-order valence-electron chi connectivity index (χ3n) is 4.48. The first-order valence-electron chi connectivity index (χ1n) is 8.22. The van der Waals surface area contributed by atoms with Gasteiger partial charge < -0.3 is 9.64 Å². The van der Waals surface area contributed by atoms with Crippen molar-refractivity contribution < 1.29 is 4.74 Å². The molecule has 0 bridgehead atoms. The van der Waals surface area contributed by atoms with Crippen LogP contribution in [-0.2, 0) is 11.8 Å². The Hall–Kier alpha value is -1.79. The molecule has 2 aromatic heterocycles. The van der Waals surface area contributed by atoms with E-state index in [2.05, 4.69) is 21.0 Å². The summed E-state index contributed by atoms with van der Waals surface area (Å²) in [6.07, 6.45) is 4.20. The number of hydrogen-bond acceptors (Lipinski definition) is 5. The van der Waals surface area contributed by atoms with Crippen molar-refractivity contribution in [2.75, 3.05) is 33.4 Å². The van der Waals surface area contributed by atoms with E-state index in [9.17, 15) is 0 Å². The molecule has 2 aromatic rings. The van der Waals surface area contributed by atoms with Gasteiger partial charge in [0.25, 0.3) is 0 Å². The van der Waals surface area contributed by atoms with Crippen LogP contribution in [0.1, 0.15) is 30.3 Å². The predicted molar refractivity (Wildman–Crippen MR) is 89.3 cm³/mol. The monoisotopic (exact) mass is 315 g/mol. The highest BCUT2D eigenvalue weighted by molar-refractivity contribution is 5.54. The molecule has 0 N–H and O–H groups in total. The lowest BCUT2D eigenvalue weighted by atomic mass is 9.94. The minimum atomic E-state index is 0.467. The van der Waals surface area contributed by atoms with Gasteiger partial charge in [-0.3, -0.25) is 4.68 Å². The number of rotatable bonds is 5. The third kappa shape index (κ3) is 3.76. The standard InChI is InChI=1S/C17H25N5O/c1-13-19-15(11-16(20-13)17-6-7-18-21(17)2)14-5-4-8-22(12-14)9-10-23-3/h6-7,11,14H,4-5,8-10,12H2,1-3H3/t14-/m0/s1. The van der Waals surface area contributed by atoms with Crippen molar-refractivity contribution in [1.82, 2.24) is 24.6 Å². The lowest BCUT2D eigenvalue weighted by molar-refractivity contribution is 0.127. The molecule has 3 heterocycles. The van der Waals surface area contributed by atoms with E-state index in [1.165, 1.54) is 12.8 Å². The summed E-state index contributed by atoms with van der Waals surface area (Å²) in [5.41, 5.74) is 3.14. The number of nitrogens with zero attached hydrogens (tertiary/aromatic N) is 5. The Morgan fingerprint density at radius 1 is 1.35 bits per heavy atom. The van der Waals surface area contributed by atoms with Crippen LogP contribution in [0.5, 0.6) is 0 Å². The molecule has 0 aliphatic carbocycles. The average Bonchev–Trinajstić information content (AvgIpc) is 2.99. The van der Waals surface area contributed by atoms with Crippen molar-refractivity contribution in [3.63, 3.8) is 0 Å². The number of aromatic nitrogens is 4. The first-order chi connectivity index (χ1) is 11.2. The quantitative estimate of drug-likeness (QED) is 0.845. The highest BCUT2D eigenvalue weighted by atomic mass is 16.5. The lowest BCUT2D eigenvalue weighted by Crippen LogP contribution is -2.36. The number of aryl methyl sites for hydroxylation is 2. The zero-order chi connectivity index (χ0) is 16.2. The number of methoxy groups -OCH3 is 1. The molecule has 0 saturated carbocycles. The molecule has 0 spiro atoms. The first kappa shape index (κ1) is 16.1. The van der Waals surface area contributed by atoms with Crippen LogP contribution in [0.4, 0.5) is 0 Å². The summed E-state index contributed by atoms with van der Waals surface area (Å²) in [5, 5.41) is 4.24. The van der Waals surface area contributed by atoms with Gasteiger partial charge in [-0.1, -0.05) is 0 Å². The Kier molecular flexibility index (Phi) is 5.03. The first-order valence-corrected chi connectivity index (χ1v) is 8.22. The molecule has 124 valence electrons. The highest BCUT2D eigenvalue weighted by Crippen LogP contribution is 2.28. The third-order valence-corrected chi connectivity index (χ3v) is 4.48. The number of piperidine rings is 1. The van der Waals surface area contributed by atoms with Crippen LogP contribution in [0.3, 0.4) is 0 Å². The van der Waals surface area contributed by atoms with Crippen LogP contribution in [0, 0.1) is 6.92 Å². The van der Waals surface area contributed by atoms with Crippen LogP contribution in [-0.4, -0.2) is 58.0 Å². The molecule has 1 aliphatic rings. The maximum Gasteiger partial charge on any atom is 0.126 e. The zero-order valence-corrected chi connectivity index (χ0v) is 14.2. The van der Waals surface area contributed by atoms with Gasteiger partial charge in [-0.25, -0.2) is 9.97 Å². The molecule has 3 rings (SSSR count). The molecular weight excluding hydrogens is 290 g/mol. The summed E-state index contributed by atoms with van der Waals surface area (Å²) in [4.78, 5) is 11.8. The van der Waals surface area contributed by atoms with Gasteiger partial charge in [-0.2, -0.15) is 5.10 Å². The van der Waals surface area contributed by atoms with Crippen LogP contribution in [0.25, 0.3) is 11.4 Å². The van der Waals surface area contributed by atoms with Crippen LogP contribution >= 0.6 is 0 Å². The van der Waals surface area contributed by atoms with Crippen molar-refractivity contribution in [2.45, 2.75) is 25.7 Å². The zero-order valence-electron chi connectivity index (χ0n) is 14.2. The van der Waals surface area contributed by atoms with Crippen LogP contribution in [0.2, 0.25) is 0 Å². The molecule has 23 heavy (non-hydrogen) atoms. The summed E-state index contributed by atoms with van der Waals surface area (Å²) in [7, 11) is 3.70. The molecule has 6 heteroatoms. The van der Waals surface area contributed by atoms with Gasteiger partial charge in [-0.15, -0.1) is 0 Å². The predicted octanol–water partition coefficient (Wildman–Crippen LogP) is 2.01. The van der Waals surface area contributed by atoms with Gasteiger partial charge in [0.1, 0.15) is 5.82 Å². The van der Waals surface area contributed by atoms with Crippen molar-refractivity contribution in [1.29, 1.82) is 0 Å². The Balaban J connectivity index is 1.82. The van der Waals surface area contributed by atoms with E-state index in [4.69, 9.17) is 9.72 Å². The summed E-state index contributed by atoms with van der Waals surface area (Å²) >= 11 is 0. The van der Waals surface area contributed by atoms with E-state index in [1.54, 1.807) is 13.3 Å². The van der Waals surface area contributed by atoms with Gasteiger partial charge in [-0.05, 0) is 38.4 Å². The fourth-order valence-electron chi connectivity index (χ4n) is 3.28. The molecule has 0 amide bonds. The average molecular weight is 315 g/mol. The van der Waals surface area contributed by atoms with Crippen molar-refractivity contribution in [3.8, 4) is 11.4 Å². The molecule has 1 aliphatic heterocycles. The molecule has 1 atom stereocenters. The fourth-order valence-corrected chi connectivity index (χ4v) is 3.28. The summed E-state index contributed by atoms with van der Waals surface area (Å²) in [5.74, 6) is 1.29. The Morgan fingerprint density at radius 2 is 2.22 bits per heavy atom. The molecular formula is C17H25N5O.